The predicted octanol–water partition coefficient (Wildman–Crippen LogP) is 0.867. The van der Waals surface area contributed by atoms with E-state index in [-0.39, 0.29) is 0 Å². The van der Waals surface area contributed by atoms with Gasteiger partial charge in [0.05, 0.1) is 0 Å². The number of hydrogen-bond donors (Lipinski definition) is 2. The van der Waals surface area contributed by atoms with Gasteiger partial charge in [0.2, 0.25) is 0 Å². The summed E-state index contributed by atoms with van der Waals surface area (Å²) in [5, 5.41) is 3.41. The Balaban J connectivity index is 2.06. The average molecular weight is 154 g/mol. The maximum absolute atomic E-state index is 6.08. The fourth-order valence-corrected chi connectivity index (χ4v) is 2.63. The Bertz CT molecular complexity index is 138. The van der Waals surface area contributed by atoms with Crippen LogP contribution in [-0.4, -0.2) is 19.1 Å². The first-order chi connectivity index (χ1) is 5.33. The van der Waals surface area contributed by atoms with Crippen molar-refractivity contribution in [3.8, 4) is 0 Å². The second kappa shape index (κ2) is 2.76. The van der Waals surface area contributed by atoms with Crippen LogP contribution in [0.3, 0.4) is 0 Å². The summed E-state index contributed by atoms with van der Waals surface area (Å²) < 4.78 is 0. The minimum Gasteiger partial charge on any atom is -0.326 e. The smallest absolute Gasteiger partial charge is 0.0234 e. The average Bonchev–Trinajstić information content (AvgIpc) is 2.36. The quantitative estimate of drug-likeness (QED) is 0.543. The molecule has 0 aromatic carbocycles. The molecule has 2 aliphatic rings. The van der Waals surface area contributed by atoms with Crippen molar-refractivity contribution in [2.75, 3.05) is 13.1 Å². The van der Waals surface area contributed by atoms with Gasteiger partial charge >= 0.3 is 0 Å². The Labute approximate surface area is 68.5 Å². The zero-order valence-electron chi connectivity index (χ0n) is 7.10. The highest BCUT2D eigenvalue weighted by atomic mass is 15.0. The second-order valence-electron chi connectivity index (χ2n) is 4.16. The molecule has 1 heterocycles. The normalized spacial score (nSPS) is 36.3. The van der Waals surface area contributed by atoms with Crippen LogP contribution in [0.25, 0.3) is 0 Å². The first-order valence-electron chi connectivity index (χ1n) is 4.80. The van der Waals surface area contributed by atoms with Crippen LogP contribution in [0.1, 0.15) is 32.1 Å². The van der Waals surface area contributed by atoms with Crippen LogP contribution < -0.4 is 11.1 Å². The topological polar surface area (TPSA) is 38.0 Å². The van der Waals surface area contributed by atoms with E-state index in [1.807, 2.05) is 0 Å². The Hall–Kier alpha value is -0.0800. The molecule has 0 unspecified atom stereocenters. The van der Waals surface area contributed by atoms with Gasteiger partial charge < -0.3 is 11.1 Å². The van der Waals surface area contributed by atoms with Gasteiger partial charge in [-0.1, -0.05) is 19.3 Å². The van der Waals surface area contributed by atoms with E-state index in [4.69, 9.17) is 5.73 Å². The van der Waals surface area contributed by atoms with Crippen molar-refractivity contribution in [3.05, 3.63) is 0 Å². The van der Waals surface area contributed by atoms with Crippen molar-refractivity contribution in [2.24, 2.45) is 11.1 Å². The first-order valence-corrected chi connectivity index (χ1v) is 4.80. The third-order valence-electron chi connectivity index (χ3n) is 3.48. The Morgan fingerprint density at radius 2 is 1.91 bits per heavy atom. The van der Waals surface area contributed by atoms with Crippen molar-refractivity contribution in [1.82, 2.24) is 5.32 Å². The van der Waals surface area contributed by atoms with Gasteiger partial charge in [-0.15, -0.1) is 0 Å². The van der Waals surface area contributed by atoms with Gasteiger partial charge in [0, 0.05) is 19.1 Å². The predicted molar refractivity (Wildman–Crippen MR) is 46.4 cm³/mol. The van der Waals surface area contributed by atoms with Gasteiger partial charge in [0.1, 0.15) is 0 Å². The van der Waals surface area contributed by atoms with Gasteiger partial charge in [-0.3, -0.25) is 0 Å². The molecule has 1 aliphatic carbocycles. The fraction of sp³-hybridized carbons (Fsp3) is 1.00. The summed E-state index contributed by atoms with van der Waals surface area (Å²) in [5.41, 5.74) is 6.58. The molecule has 0 aromatic rings. The van der Waals surface area contributed by atoms with E-state index in [1.54, 1.807) is 0 Å². The van der Waals surface area contributed by atoms with Crippen LogP contribution in [-0.2, 0) is 0 Å². The monoisotopic (exact) mass is 154 g/mol. The van der Waals surface area contributed by atoms with Gasteiger partial charge in [-0.2, -0.15) is 0 Å². The zero-order valence-corrected chi connectivity index (χ0v) is 7.10. The summed E-state index contributed by atoms with van der Waals surface area (Å²) in [7, 11) is 0. The van der Waals surface area contributed by atoms with Crippen LogP contribution in [0.15, 0.2) is 0 Å². The van der Waals surface area contributed by atoms with Crippen molar-refractivity contribution < 1.29 is 0 Å². The number of rotatable bonds is 0. The molecule has 0 radical (unpaired) electrons. The lowest BCUT2D eigenvalue weighted by molar-refractivity contribution is 0.191. The molecule has 2 fully saturated rings. The summed E-state index contributed by atoms with van der Waals surface area (Å²) in [6.07, 6.45) is 6.95. The molecule has 2 heteroatoms. The van der Waals surface area contributed by atoms with Crippen LogP contribution in [0, 0.1) is 5.41 Å². The maximum Gasteiger partial charge on any atom is 0.0234 e. The van der Waals surface area contributed by atoms with E-state index in [2.05, 4.69) is 5.32 Å². The third kappa shape index (κ3) is 1.18. The largest absolute Gasteiger partial charge is 0.326 e. The molecule has 1 saturated carbocycles. The van der Waals surface area contributed by atoms with Crippen molar-refractivity contribution in [1.29, 1.82) is 0 Å². The van der Waals surface area contributed by atoms with E-state index in [1.165, 1.54) is 38.6 Å². The molecule has 1 aliphatic heterocycles. The van der Waals surface area contributed by atoms with E-state index in [9.17, 15) is 0 Å². The van der Waals surface area contributed by atoms with E-state index >= 15 is 0 Å². The molecule has 1 atom stereocenters. The standard InChI is InChI=1S/C9H18N2/c10-8-6-11-7-9(8)4-2-1-3-5-9/h8,11H,1-7,10H2/t8-/m1/s1. The van der Waals surface area contributed by atoms with Crippen LogP contribution in [0.2, 0.25) is 0 Å². The van der Waals surface area contributed by atoms with Gasteiger partial charge in [0.15, 0.2) is 0 Å². The third-order valence-corrected chi connectivity index (χ3v) is 3.48. The first kappa shape index (κ1) is 7.56. The Morgan fingerprint density at radius 1 is 1.18 bits per heavy atom. The van der Waals surface area contributed by atoms with Gasteiger partial charge in [0.25, 0.3) is 0 Å². The van der Waals surface area contributed by atoms with Crippen molar-refractivity contribution in [3.63, 3.8) is 0 Å². The summed E-state index contributed by atoms with van der Waals surface area (Å²) in [5.74, 6) is 0. The molecule has 3 N–H and O–H groups in total. The second-order valence-corrected chi connectivity index (χ2v) is 4.16. The lowest BCUT2D eigenvalue weighted by Gasteiger charge is -2.36. The Morgan fingerprint density at radius 3 is 2.45 bits per heavy atom. The van der Waals surface area contributed by atoms with Crippen LogP contribution in [0.5, 0.6) is 0 Å². The highest BCUT2D eigenvalue weighted by Crippen LogP contribution is 2.39. The lowest BCUT2D eigenvalue weighted by Crippen LogP contribution is -2.41. The highest BCUT2D eigenvalue weighted by Gasteiger charge is 2.40. The molecule has 11 heavy (non-hydrogen) atoms. The molecule has 2 rings (SSSR count). The van der Waals surface area contributed by atoms with Gasteiger partial charge in [-0.05, 0) is 18.3 Å². The molecule has 64 valence electrons. The Kier molecular flexibility index (Phi) is 1.90. The molecular formula is C9H18N2. The van der Waals surface area contributed by atoms with Crippen LogP contribution >= 0.6 is 0 Å². The molecule has 0 aromatic heterocycles. The summed E-state index contributed by atoms with van der Waals surface area (Å²) in [6.45, 7) is 2.22. The van der Waals surface area contributed by atoms with Crippen molar-refractivity contribution >= 4 is 0 Å². The van der Waals surface area contributed by atoms with Gasteiger partial charge in [-0.25, -0.2) is 0 Å². The SMILES string of the molecule is N[C@@H]1CNCC12CCCCC2. The molecule has 0 amide bonds. The summed E-state index contributed by atoms with van der Waals surface area (Å²) in [4.78, 5) is 0. The molecule has 2 nitrogen and oxygen atoms in total. The summed E-state index contributed by atoms with van der Waals surface area (Å²) in [6, 6.07) is 0.433. The number of nitrogens with two attached hydrogens (primary N) is 1. The number of hydrogen-bond acceptors (Lipinski definition) is 2. The van der Waals surface area contributed by atoms with Crippen molar-refractivity contribution in [2.45, 2.75) is 38.1 Å². The van der Waals surface area contributed by atoms with E-state index in [0.717, 1.165) is 6.54 Å². The molecular weight excluding hydrogens is 136 g/mol. The fourth-order valence-electron chi connectivity index (χ4n) is 2.63. The lowest BCUT2D eigenvalue weighted by atomic mass is 9.71. The maximum atomic E-state index is 6.08. The van der Waals surface area contributed by atoms with E-state index < -0.39 is 0 Å². The minimum absolute atomic E-state index is 0.433. The minimum atomic E-state index is 0.433. The number of nitrogens with one attached hydrogen (secondary N) is 1. The van der Waals surface area contributed by atoms with Crippen LogP contribution in [0.4, 0.5) is 0 Å². The summed E-state index contributed by atoms with van der Waals surface area (Å²) >= 11 is 0. The molecule has 1 saturated heterocycles. The zero-order chi connectivity index (χ0) is 7.73. The molecule has 0 bridgehead atoms. The molecule has 1 spiro atoms. The van der Waals surface area contributed by atoms with E-state index in [0.29, 0.717) is 11.5 Å². The highest BCUT2D eigenvalue weighted by molar-refractivity contribution is 4.98.